The molecule has 0 spiro atoms. The highest BCUT2D eigenvalue weighted by Gasteiger charge is 2.19. The molecule has 0 aromatic heterocycles. The minimum Gasteiger partial charge on any atom is -0.383 e. The minimum absolute atomic E-state index is 0.492. The van der Waals surface area contributed by atoms with Gasteiger partial charge in [0.1, 0.15) is 5.84 Å². The van der Waals surface area contributed by atoms with Crippen LogP contribution in [0.4, 0.5) is 0 Å². The van der Waals surface area contributed by atoms with Gasteiger partial charge in [-0.05, 0) is 93.7 Å². The van der Waals surface area contributed by atoms with Gasteiger partial charge in [0.2, 0.25) is 0 Å². The Hall–Kier alpha value is -7.29. The highest BCUT2D eigenvalue weighted by atomic mass is 14.9. The normalized spacial score (nSPS) is 12.3. The van der Waals surface area contributed by atoms with Crippen LogP contribution in [0, 0.1) is 0 Å². The number of allylic oxidation sites excluding steroid dienone is 1. The van der Waals surface area contributed by atoms with Crippen LogP contribution in [0.25, 0.3) is 81.8 Å². The van der Waals surface area contributed by atoms with Crippen LogP contribution < -0.4 is 5.73 Å². The first-order valence-corrected chi connectivity index (χ1v) is 19.2. The standard InChI is InChI=1S/C54H38N2/c55-54(42-17-5-2-6-18-42)56-50(34-24-36-23-32-45-43(35-36)30-25-37-13-7-9-19-44(37)45)39-26-28-41(29-27-39)52-48-22-12-11-21-47(48)51(40-15-3-1-4-16-40)49-33-31-38-14-8-10-20-46(38)53(49)52/h1-23,25-35H,24H2,(H2,55,56)/b50-34-. The molecule has 0 aliphatic heterocycles. The summed E-state index contributed by atoms with van der Waals surface area (Å²) in [5.74, 6) is 0.492. The second-order valence-electron chi connectivity index (χ2n) is 14.4. The number of benzene rings is 10. The molecule has 0 saturated carbocycles. The van der Waals surface area contributed by atoms with Gasteiger partial charge in [-0.3, -0.25) is 0 Å². The van der Waals surface area contributed by atoms with Crippen molar-refractivity contribution in [3.05, 3.63) is 223 Å². The molecule has 0 bridgehead atoms. The molecule has 0 unspecified atom stereocenters. The van der Waals surface area contributed by atoms with E-state index in [2.05, 4.69) is 176 Å². The molecule has 10 aromatic rings. The predicted octanol–water partition coefficient (Wildman–Crippen LogP) is 13.8. The molecule has 0 aliphatic carbocycles. The number of fused-ring (bicyclic) bond motifs is 7. The highest BCUT2D eigenvalue weighted by molar-refractivity contribution is 6.28. The van der Waals surface area contributed by atoms with Crippen LogP contribution in [0.15, 0.2) is 211 Å². The summed E-state index contributed by atoms with van der Waals surface area (Å²) in [6, 6.07) is 71.6. The molecule has 10 aromatic carbocycles. The summed E-state index contributed by atoms with van der Waals surface area (Å²) >= 11 is 0. The summed E-state index contributed by atoms with van der Waals surface area (Å²) in [5, 5.41) is 12.5. The summed E-state index contributed by atoms with van der Waals surface area (Å²) in [6.45, 7) is 0. The number of nitrogens with two attached hydrogens (primary N) is 1. The van der Waals surface area contributed by atoms with Crippen molar-refractivity contribution in [3.63, 3.8) is 0 Å². The Morgan fingerprint density at radius 1 is 0.411 bits per heavy atom. The first-order chi connectivity index (χ1) is 27.7. The molecule has 2 nitrogen and oxygen atoms in total. The third-order valence-electron chi connectivity index (χ3n) is 11.1. The van der Waals surface area contributed by atoms with Gasteiger partial charge < -0.3 is 5.73 Å². The first kappa shape index (κ1) is 33.3. The van der Waals surface area contributed by atoms with Crippen LogP contribution in [0.3, 0.4) is 0 Å². The second kappa shape index (κ2) is 14.2. The summed E-state index contributed by atoms with van der Waals surface area (Å²) < 4.78 is 0. The predicted molar refractivity (Wildman–Crippen MR) is 240 cm³/mol. The van der Waals surface area contributed by atoms with Crippen molar-refractivity contribution in [1.82, 2.24) is 0 Å². The van der Waals surface area contributed by atoms with Gasteiger partial charge in [0.15, 0.2) is 0 Å². The van der Waals surface area contributed by atoms with Crippen LogP contribution >= 0.6 is 0 Å². The second-order valence-corrected chi connectivity index (χ2v) is 14.4. The van der Waals surface area contributed by atoms with E-state index in [0.29, 0.717) is 12.3 Å². The summed E-state index contributed by atoms with van der Waals surface area (Å²) in [4.78, 5) is 5.08. The zero-order valence-corrected chi connectivity index (χ0v) is 30.9. The highest BCUT2D eigenvalue weighted by Crippen LogP contribution is 2.46. The van der Waals surface area contributed by atoms with Gasteiger partial charge in [0.05, 0.1) is 5.70 Å². The number of aliphatic imine (C=N–C) groups is 1. The molecular weight excluding hydrogens is 677 g/mol. The van der Waals surface area contributed by atoms with Crippen LogP contribution in [0.5, 0.6) is 0 Å². The minimum atomic E-state index is 0.492. The van der Waals surface area contributed by atoms with Crippen molar-refractivity contribution < 1.29 is 0 Å². The lowest BCUT2D eigenvalue weighted by Crippen LogP contribution is -2.13. The monoisotopic (exact) mass is 714 g/mol. The molecule has 0 radical (unpaired) electrons. The molecule has 0 atom stereocenters. The molecule has 264 valence electrons. The summed E-state index contributed by atoms with van der Waals surface area (Å²) in [7, 11) is 0. The van der Waals surface area contributed by atoms with E-state index in [1.807, 2.05) is 30.3 Å². The van der Waals surface area contributed by atoms with E-state index in [9.17, 15) is 0 Å². The van der Waals surface area contributed by atoms with Crippen molar-refractivity contribution in [1.29, 1.82) is 0 Å². The molecule has 0 aliphatic rings. The largest absolute Gasteiger partial charge is 0.383 e. The molecule has 56 heavy (non-hydrogen) atoms. The van der Waals surface area contributed by atoms with Gasteiger partial charge in [0, 0.05) is 5.56 Å². The van der Waals surface area contributed by atoms with Gasteiger partial charge in [-0.25, -0.2) is 4.99 Å². The molecule has 0 heterocycles. The zero-order valence-electron chi connectivity index (χ0n) is 30.9. The molecule has 0 fully saturated rings. The number of amidine groups is 1. The van der Waals surface area contributed by atoms with E-state index in [-0.39, 0.29) is 0 Å². The lowest BCUT2D eigenvalue weighted by molar-refractivity contribution is 1.27. The Bertz CT molecular complexity index is 3140. The van der Waals surface area contributed by atoms with Crippen LogP contribution in [-0.4, -0.2) is 5.84 Å². The summed E-state index contributed by atoms with van der Waals surface area (Å²) in [6.07, 6.45) is 2.92. The van der Waals surface area contributed by atoms with Crippen LogP contribution in [-0.2, 0) is 6.42 Å². The fourth-order valence-electron chi connectivity index (χ4n) is 8.41. The maximum atomic E-state index is 6.70. The molecule has 2 N–H and O–H groups in total. The SMILES string of the molecule is NC(=N/C(=C\Cc1ccc2c(ccc3ccccc32)c1)c1ccc(-c2c3ccccc3c(-c3ccccc3)c3ccc4ccccc4c23)cc1)c1ccccc1. The van der Waals surface area contributed by atoms with E-state index >= 15 is 0 Å². The average molecular weight is 715 g/mol. The van der Waals surface area contributed by atoms with Gasteiger partial charge in [-0.2, -0.15) is 0 Å². The van der Waals surface area contributed by atoms with E-state index in [1.165, 1.54) is 76.1 Å². The van der Waals surface area contributed by atoms with Crippen LogP contribution in [0.1, 0.15) is 16.7 Å². The Balaban J connectivity index is 1.12. The van der Waals surface area contributed by atoms with Gasteiger partial charge in [-0.1, -0.05) is 206 Å². The Morgan fingerprint density at radius 3 is 1.70 bits per heavy atom. The van der Waals surface area contributed by atoms with Crippen molar-refractivity contribution in [2.24, 2.45) is 10.7 Å². The number of hydrogen-bond donors (Lipinski definition) is 1. The Kier molecular flexibility index (Phi) is 8.42. The molecule has 0 saturated heterocycles. The Morgan fingerprint density at radius 2 is 0.946 bits per heavy atom. The van der Waals surface area contributed by atoms with E-state index in [1.54, 1.807) is 0 Å². The number of nitrogens with zero attached hydrogens (tertiary/aromatic N) is 1. The van der Waals surface area contributed by atoms with Crippen LogP contribution in [0.2, 0.25) is 0 Å². The third kappa shape index (κ3) is 5.98. The quantitative estimate of drug-likeness (QED) is 0.0759. The molecular formula is C54H38N2. The van der Waals surface area contributed by atoms with Gasteiger partial charge >= 0.3 is 0 Å². The topological polar surface area (TPSA) is 38.4 Å². The lowest BCUT2D eigenvalue weighted by Gasteiger charge is -2.19. The maximum Gasteiger partial charge on any atom is 0.131 e. The van der Waals surface area contributed by atoms with E-state index in [0.717, 1.165) is 22.4 Å². The Labute approximate surface area is 326 Å². The zero-order chi connectivity index (χ0) is 37.4. The van der Waals surface area contributed by atoms with Crippen molar-refractivity contribution in [2.75, 3.05) is 0 Å². The molecule has 10 rings (SSSR count). The first-order valence-electron chi connectivity index (χ1n) is 19.2. The number of rotatable bonds is 7. The molecule has 0 amide bonds. The van der Waals surface area contributed by atoms with Crippen molar-refractivity contribution >= 4 is 65.4 Å². The maximum absolute atomic E-state index is 6.70. The smallest absolute Gasteiger partial charge is 0.131 e. The van der Waals surface area contributed by atoms with E-state index < -0.39 is 0 Å². The van der Waals surface area contributed by atoms with Crippen molar-refractivity contribution in [2.45, 2.75) is 6.42 Å². The third-order valence-corrected chi connectivity index (χ3v) is 11.1. The van der Waals surface area contributed by atoms with Gasteiger partial charge in [-0.15, -0.1) is 0 Å². The fourth-order valence-corrected chi connectivity index (χ4v) is 8.41. The lowest BCUT2D eigenvalue weighted by atomic mass is 9.84. The van der Waals surface area contributed by atoms with E-state index in [4.69, 9.17) is 10.7 Å². The van der Waals surface area contributed by atoms with Gasteiger partial charge in [0.25, 0.3) is 0 Å². The summed E-state index contributed by atoms with van der Waals surface area (Å²) in [5.41, 5.74) is 15.6. The molecule has 2 heteroatoms. The fraction of sp³-hybridized carbons (Fsp3) is 0.0185. The van der Waals surface area contributed by atoms with Crippen molar-refractivity contribution in [3.8, 4) is 22.3 Å². The number of hydrogen-bond acceptors (Lipinski definition) is 1. The average Bonchev–Trinajstić information content (AvgIpc) is 3.27.